The van der Waals surface area contributed by atoms with E-state index >= 15 is 0 Å². The minimum atomic E-state index is 0.132. The first-order valence-electron chi connectivity index (χ1n) is 19.1. The van der Waals surface area contributed by atoms with E-state index in [1.54, 1.807) is 5.56 Å². The van der Waals surface area contributed by atoms with Crippen LogP contribution in [0.25, 0.3) is 21.5 Å². The monoisotopic (exact) mass is 654 g/mol. The van der Waals surface area contributed by atoms with Crippen molar-refractivity contribution in [2.75, 3.05) is 9.80 Å². The summed E-state index contributed by atoms with van der Waals surface area (Å²) in [7, 11) is 0. The van der Waals surface area contributed by atoms with Gasteiger partial charge in [0.2, 0.25) is 0 Å². The van der Waals surface area contributed by atoms with E-state index in [1.165, 1.54) is 111 Å². The van der Waals surface area contributed by atoms with E-state index in [0.717, 1.165) is 17.8 Å². The smallest absolute Gasteiger partial charge is 0.252 e. The fourth-order valence-corrected chi connectivity index (χ4v) is 11.9. The molecule has 7 aromatic rings. The number of anilines is 6. The quantitative estimate of drug-likeness (QED) is 0.175. The number of para-hydroxylation sites is 2. The summed E-state index contributed by atoms with van der Waals surface area (Å²) in [6, 6.07) is 55.5. The molecule has 4 bridgehead atoms. The molecule has 3 heteroatoms. The molecule has 4 fully saturated rings. The van der Waals surface area contributed by atoms with Gasteiger partial charge in [-0.05, 0) is 154 Å². The van der Waals surface area contributed by atoms with Crippen LogP contribution in [0, 0.1) is 17.8 Å². The van der Waals surface area contributed by atoms with Crippen molar-refractivity contribution in [3.63, 3.8) is 0 Å². The summed E-state index contributed by atoms with van der Waals surface area (Å²) in [5.41, 5.74) is 13.8. The Morgan fingerprint density at radius 2 is 1.00 bits per heavy atom. The van der Waals surface area contributed by atoms with Crippen molar-refractivity contribution in [2.45, 2.75) is 43.9 Å². The van der Waals surface area contributed by atoms with Crippen LogP contribution in [0.3, 0.4) is 0 Å². The van der Waals surface area contributed by atoms with E-state index in [0.29, 0.717) is 0 Å². The lowest BCUT2D eigenvalue weighted by Crippen LogP contribution is -2.61. The standard InChI is InChI=1S/C48H39BN2/c1-2-14-39(15-3-1)50-43-17-9-8-16-41(43)49-42-24-36-12-6-7-13-37(36)25-44(42)51(40-19-18-34-10-4-5-11-35(34)23-40)46-27-38(26-45(50)47(46)49)48-28-31-20-32(29-48)22-33(21-31)30-48/h1-19,23-27,31-33H,20-22,28-30H2. The van der Waals surface area contributed by atoms with E-state index in [-0.39, 0.29) is 12.1 Å². The second-order valence-corrected chi connectivity index (χ2v) is 16.4. The molecule has 7 aromatic carbocycles. The van der Waals surface area contributed by atoms with Gasteiger partial charge in [-0.2, -0.15) is 0 Å². The summed E-state index contributed by atoms with van der Waals surface area (Å²) in [5, 5.41) is 5.15. The average molecular weight is 655 g/mol. The summed E-state index contributed by atoms with van der Waals surface area (Å²) in [4.78, 5) is 5.24. The molecule has 2 nitrogen and oxygen atoms in total. The zero-order valence-electron chi connectivity index (χ0n) is 28.8. The first-order chi connectivity index (χ1) is 25.2. The number of fused-ring (bicyclic) bond motifs is 6. The Labute approximate surface area is 300 Å². The number of rotatable bonds is 3. The molecule has 0 aromatic heterocycles. The third kappa shape index (κ3) is 4.06. The molecule has 244 valence electrons. The van der Waals surface area contributed by atoms with E-state index in [2.05, 4.69) is 155 Å². The van der Waals surface area contributed by atoms with Crippen molar-refractivity contribution in [3.8, 4) is 0 Å². The van der Waals surface area contributed by atoms with Gasteiger partial charge < -0.3 is 9.80 Å². The molecule has 0 amide bonds. The van der Waals surface area contributed by atoms with E-state index in [9.17, 15) is 0 Å². The summed E-state index contributed by atoms with van der Waals surface area (Å²) in [6.45, 7) is 0.132. The molecule has 6 aliphatic rings. The molecule has 13 rings (SSSR count). The fraction of sp³-hybridized carbons (Fsp3) is 0.208. The van der Waals surface area contributed by atoms with Gasteiger partial charge in [-0.3, -0.25) is 0 Å². The van der Waals surface area contributed by atoms with Gasteiger partial charge in [-0.15, -0.1) is 0 Å². The number of benzene rings is 7. The van der Waals surface area contributed by atoms with Gasteiger partial charge >= 0.3 is 0 Å². The topological polar surface area (TPSA) is 6.48 Å². The third-order valence-electron chi connectivity index (χ3n) is 13.5. The molecular weight excluding hydrogens is 615 g/mol. The maximum atomic E-state index is 2.68. The molecule has 4 aliphatic carbocycles. The average Bonchev–Trinajstić information content (AvgIpc) is 3.16. The molecular formula is C48H39BN2. The summed E-state index contributed by atoms with van der Waals surface area (Å²) in [6.07, 6.45) is 8.39. The van der Waals surface area contributed by atoms with Gasteiger partial charge in [-0.25, -0.2) is 0 Å². The molecule has 0 saturated heterocycles. The first kappa shape index (κ1) is 28.4. The van der Waals surface area contributed by atoms with E-state index < -0.39 is 0 Å². The Morgan fingerprint density at radius 3 is 1.71 bits per heavy atom. The van der Waals surface area contributed by atoms with Gasteiger partial charge in [0.15, 0.2) is 0 Å². The predicted octanol–water partition coefficient (Wildman–Crippen LogP) is 10.5. The number of hydrogen-bond donors (Lipinski definition) is 0. The van der Waals surface area contributed by atoms with E-state index in [4.69, 9.17) is 0 Å². The Morgan fingerprint density at radius 1 is 0.431 bits per heavy atom. The van der Waals surface area contributed by atoms with Gasteiger partial charge in [0.05, 0.1) is 0 Å². The van der Waals surface area contributed by atoms with Crippen molar-refractivity contribution < 1.29 is 0 Å². The zero-order valence-corrected chi connectivity index (χ0v) is 28.8. The lowest BCUT2D eigenvalue weighted by atomic mass is 9.33. The second-order valence-electron chi connectivity index (χ2n) is 16.4. The number of hydrogen-bond acceptors (Lipinski definition) is 2. The molecule has 0 spiro atoms. The summed E-state index contributed by atoms with van der Waals surface area (Å²) < 4.78 is 0. The molecule has 0 atom stereocenters. The normalized spacial score (nSPS) is 23.8. The molecule has 51 heavy (non-hydrogen) atoms. The predicted molar refractivity (Wildman–Crippen MR) is 215 cm³/mol. The van der Waals surface area contributed by atoms with Crippen molar-refractivity contribution in [1.82, 2.24) is 0 Å². The third-order valence-corrected chi connectivity index (χ3v) is 13.5. The van der Waals surface area contributed by atoms with Crippen LogP contribution < -0.4 is 26.2 Å². The second kappa shape index (κ2) is 10.4. The van der Waals surface area contributed by atoms with Crippen molar-refractivity contribution in [3.05, 3.63) is 151 Å². The Hall–Kier alpha value is -5.28. The fourth-order valence-electron chi connectivity index (χ4n) is 11.9. The molecule has 4 saturated carbocycles. The van der Waals surface area contributed by atoms with Crippen LogP contribution >= 0.6 is 0 Å². The Bertz CT molecular complexity index is 2520. The maximum absolute atomic E-state index is 2.68. The highest BCUT2D eigenvalue weighted by atomic mass is 15.2. The van der Waals surface area contributed by atoms with E-state index in [1.807, 2.05) is 0 Å². The maximum Gasteiger partial charge on any atom is 0.252 e. The minimum absolute atomic E-state index is 0.132. The summed E-state index contributed by atoms with van der Waals surface area (Å²) in [5.74, 6) is 2.64. The van der Waals surface area contributed by atoms with Gasteiger partial charge in [0.25, 0.3) is 6.71 Å². The lowest BCUT2D eigenvalue weighted by molar-refractivity contribution is -0.00514. The van der Waals surface area contributed by atoms with Crippen LogP contribution in [0.2, 0.25) is 0 Å². The largest absolute Gasteiger partial charge is 0.311 e. The van der Waals surface area contributed by atoms with Crippen molar-refractivity contribution >= 4 is 78.8 Å². The molecule has 2 aliphatic heterocycles. The lowest BCUT2D eigenvalue weighted by Gasteiger charge is -2.57. The molecule has 0 N–H and O–H groups in total. The van der Waals surface area contributed by atoms with Gasteiger partial charge in [-0.1, -0.05) is 97.1 Å². The van der Waals surface area contributed by atoms with Crippen LogP contribution in [-0.4, -0.2) is 6.71 Å². The van der Waals surface area contributed by atoms with Crippen LogP contribution in [0.1, 0.15) is 44.1 Å². The molecule has 0 radical (unpaired) electrons. The van der Waals surface area contributed by atoms with Crippen molar-refractivity contribution in [2.24, 2.45) is 17.8 Å². The molecule has 2 heterocycles. The van der Waals surface area contributed by atoms with Gasteiger partial charge in [0, 0.05) is 34.1 Å². The highest BCUT2D eigenvalue weighted by Gasteiger charge is 2.53. The Kier molecular flexibility index (Phi) is 5.79. The first-order valence-corrected chi connectivity index (χ1v) is 19.1. The highest BCUT2D eigenvalue weighted by molar-refractivity contribution is 7.00. The van der Waals surface area contributed by atoms with Crippen LogP contribution in [-0.2, 0) is 5.41 Å². The number of nitrogens with zero attached hydrogens (tertiary/aromatic N) is 2. The van der Waals surface area contributed by atoms with Crippen molar-refractivity contribution in [1.29, 1.82) is 0 Å². The minimum Gasteiger partial charge on any atom is -0.311 e. The van der Waals surface area contributed by atoms with Gasteiger partial charge in [0.1, 0.15) is 0 Å². The van der Waals surface area contributed by atoms with Crippen LogP contribution in [0.15, 0.2) is 146 Å². The Balaban J connectivity index is 1.20. The zero-order chi connectivity index (χ0) is 33.3. The SMILES string of the molecule is c1ccc(N2c3ccccc3B3c4cc5ccccc5cc4N(c4ccc5ccccc5c4)c4cc(C56CC7CC(CC(C7)C5)C6)cc2c43)cc1. The van der Waals surface area contributed by atoms with Crippen LogP contribution in [0.5, 0.6) is 0 Å². The highest BCUT2D eigenvalue weighted by Crippen LogP contribution is 2.62. The summed E-state index contributed by atoms with van der Waals surface area (Å²) >= 11 is 0. The van der Waals surface area contributed by atoms with Crippen LogP contribution in [0.4, 0.5) is 34.1 Å². The molecule has 0 unspecified atom stereocenters.